The predicted molar refractivity (Wildman–Crippen MR) is 75.3 cm³/mol. The summed E-state index contributed by atoms with van der Waals surface area (Å²) in [5, 5.41) is 1.81. The fraction of sp³-hybridized carbons (Fsp3) is 0.154. The molecule has 0 spiro atoms. The molecule has 0 unspecified atom stereocenters. The molecule has 0 radical (unpaired) electrons. The zero-order valence-electron chi connectivity index (χ0n) is 9.76. The topological polar surface area (TPSA) is 20.3 Å². The van der Waals surface area contributed by atoms with Gasteiger partial charge in [0.15, 0.2) is 0 Å². The van der Waals surface area contributed by atoms with Crippen LogP contribution in [-0.2, 0) is 0 Å². The van der Waals surface area contributed by atoms with Crippen LogP contribution in [0.25, 0.3) is 0 Å². The van der Waals surface area contributed by atoms with E-state index < -0.39 is 0 Å². The van der Waals surface area contributed by atoms with Gasteiger partial charge in [-0.2, -0.15) is 0 Å². The van der Waals surface area contributed by atoms with Crippen molar-refractivity contribution in [1.82, 2.24) is 0 Å². The normalized spacial score (nSPS) is 10.4. The van der Waals surface area contributed by atoms with Crippen molar-refractivity contribution in [2.24, 2.45) is 0 Å². The molecule has 0 aliphatic heterocycles. The average Bonchev–Trinajstić information content (AvgIpc) is 2.79. The first-order chi connectivity index (χ1) is 8.61. The van der Waals surface area contributed by atoms with Gasteiger partial charge in [-0.05, 0) is 37.3 Å². The smallest absolute Gasteiger partial charge is 0.268 e. The minimum Gasteiger partial charge on any atom is -0.308 e. The van der Waals surface area contributed by atoms with Gasteiger partial charge in [-0.3, -0.25) is 4.79 Å². The Balaban J connectivity index is 2.28. The molecule has 0 N–H and O–H groups in total. The summed E-state index contributed by atoms with van der Waals surface area (Å²) in [7, 11) is 0. The molecule has 0 atom stereocenters. The van der Waals surface area contributed by atoms with E-state index in [-0.39, 0.29) is 11.7 Å². The Hall–Kier alpha value is -1.33. The van der Waals surface area contributed by atoms with Crippen LogP contribution in [0, 0.1) is 5.82 Å². The lowest BCUT2D eigenvalue weighted by Gasteiger charge is -2.20. The summed E-state index contributed by atoms with van der Waals surface area (Å²) in [6.45, 7) is 2.42. The quantitative estimate of drug-likeness (QED) is 0.847. The molecule has 0 saturated carbocycles. The fourth-order valence-electron chi connectivity index (χ4n) is 1.64. The molecule has 2 rings (SSSR count). The van der Waals surface area contributed by atoms with Crippen LogP contribution in [0.2, 0.25) is 0 Å². The maximum atomic E-state index is 12.9. The highest BCUT2D eigenvalue weighted by molar-refractivity contribution is 7.80. The van der Waals surface area contributed by atoms with E-state index in [1.165, 1.54) is 23.5 Å². The number of rotatable bonds is 3. The van der Waals surface area contributed by atoms with E-state index in [0.717, 1.165) is 4.90 Å². The molecule has 1 aromatic heterocycles. The van der Waals surface area contributed by atoms with E-state index in [2.05, 4.69) is 12.6 Å². The first-order valence-corrected chi connectivity index (χ1v) is 6.79. The molecule has 2 aromatic rings. The van der Waals surface area contributed by atoms with Gasteiger partial charge in [0.25, 0.3) is 5.91 Å². The number of carbonyl (C=O) groups is 1. The van der Waals surface area contributed by atoms with Crippen molar-refractivity contribution < 1.29 is 9.18 Å². The van der Waals surface area contributed by atoms with Gasteiger partial charge < -0.3 is 4.90 Å². The Morgan fingerprint density at radius 3 is 2.56 bits per heavy atom. The van der Waals surface area contributed by atoms with E-state index in [9.17, 15) is 9.18 Å². The third-order valence-electron chi connectivity index (χ3n) is 2.50. The molecule has 1 heterocycles. The van der Waals surface area contributed by atoms with Gasteiger partial charge >= 0.3 is 0 Å². The Bertz CT molecular complexity index is 550. The molecule has 0 saturated heterocycles. The number of benzene rings is 1. The molecule has 2 nitrogen and oxygen atoms in total. The van der Waals surface area contributed by atoms with E-state index in [1.54, 1.807) is 23.1 Å². The van der Waals surface area contributed by atoms with Crippen molar-refractivity contribution in [2.75, 3.05) is 11.4 Å². The average molecular weight is 281 g/mol. The van der Waals surface area contributed by atoms with Gasteiger partial charge in [-0.15, -0.1) is 24.0 Å². The van der Waals surface area contributed by atoms with E-state index in [1.807, 2.05) is 12.3 Å². The van der Waals surface area contributed by atoms with Crippen molar-refractivity contribution in [3.63, 3.8) is 0 Å². The Morgan fingerprint density at radius 1 is 1.39 bits per heavy atom. The van der Waals surface area contributed by atoms with Crippen LogP contribution in [0.4, 0.5) is 10.1 Å². The predicted octanol–water partition coefficient (Wildman–Crippen LogP) is 3.84. The van der Waals surface area contributed by atoms with Crippen LogP contribution >= 0.6 is 24.0 Å². The summed E-state index contributed by atoms with van der Waals surface area (Å²) in [5.41, 5.74) is 0.693. The lowest BCUT2D eigenvalue weighted by Crippen LogP contribution is -2.29. The summed E-state index contributed by atoms with van der Waals surface area (Å²) in [5.74, 6) is -0.398. The molecule has 0 fully saturated rings. The van der Waals surface area contributed by atoms with Gasteiger partial charge in [0, 0.05) is 22.5 Å². The maximum absolute atomic E-state index is 12.9. The SMILES string of the molecule is CCN(C(=O)c1cc(S)cs1)c1ccc(F)cc1. The third kappa shape index (κ3) is 2.73. The maximum Gasteiger partial charge on any atom is 0.268 e. The second-order valence-electron chi connectivity index (χ2n) is 3.69. The number of amides is 1. The minimum atomic E-state index is -0.309. The summed E-state index contributed by atoms with van der Waals surface area (Å²) >= 11 is 5.55. The largest absolute Gasteiger partial charge is 0.308 e. The number of nitrogens with zero attached hydrogens (tertiary/aromatic N) is 1. The zero-order chi connectivity index (χ0) is 13.1. The molecule has 94 valence electrons. The highest BCUT2D eigenvalue weighted by Gasteiger charge is 2.17. The number of thiol groups is 1. The van der Waals surface area contributed by atoms with E-state index in [0.29, 0.717) is 17.1 Å². The van der Waals surface area contributed by atoms with Crippen LogP contribution in [0.15, 0.2) is 40.6 Å². The number of carbonyl (C=O) groups excluding carboxylic acids is 1. The second-order valence-corrected chi connectivity index (χ2v) is 5.12. The minimum absolute atomic E-state index is 0.0885. The van der Waals surface area contributed by atoms with Crippen molar-refractivity contribution >= 4 is 35.6 Å². The van der Waals surface area contributed by atoms with Crippen LogP contribution in [0.3, 0.4) is 0 Å². The summed E-state index contributed by atoms with van der Waals surface area (Å²) < 4.78 is 12.9. The third-order valence-corrected chi connectivity index (χ3v) is 3.85. The zero-order valence-corrected chi connectivity index (χ0v) is 11.5. The number of hydrogen-bond donors (Lipinski definition) is 1. The van der Waals surface area contributed by atoms with Gasteiger partial charge in [0.2, 0.25) is 0 Å². The number of halogens is 1. The van der Waals surface area contributed by atoms with Gasteiger partial charge in [-0.1, -0.05) is 0 Å². The van der Waals surface area contributed by atoms with Gasteiger partial charge in [-0.25, -0.2) is 4.39 Å². The molecule has 0 aliphatic rings. The first kappa shape index (κ1) is 13.1. The van der Waals surface area contributed by atoms with Crippen molar-refractivity contribution in [2.45, 2.75) is 11.8 Å². The summed E-state index contributed by atoms with van der Waals surface area (Å²) in [6.07, 6.45) is 0. The Kier molecular flexibility index (Phi) is 4.04. The Morgan fingerprint density at radius 2 is 2.06 bits per heavy atom. The van der Waals surface area contributed by atoms with Crippen LogP contribution in [0.5, 0.6) is 0 Å². The second kappa shape index (κ2) is 5.54. The Labute approximate surface area is 114 Å². The molecular weight excluding hydrogens is 269 g/mol. The van der Waals surface area contributed by atoms with E-state index >= 15 is 0 Å². The molecule has 5 heteroatoms. The molecule has 0 bridgehead atoms. The van der Waals surface area contributed by atoms with Crippen molar-refractivity contribution in [3.8, 4) is 0 Å². The monoisotopic (exact) mass is 281 g/mol. The molecule has 18 heavy (non-hydrogen) atoms. The van der Waals surface area contributed by atoms with Crippen molar-refractivity contribution in [1.29, 1.82) is 0 Å². The summed E-state index contributed by atoms with van der Waals surface area (Å²) in [4.78, 5) is 15.3. The van der Waals surface area contributed by atoms with Gasteiger partial charge in [0.1, 0.15) is 5.82 Å². The lowest BCUT2D eigenvalue weighted by molar-refractivity contribution is 0.0992. The highest BCUT2D eigenvalue weighted by atomic mass is 32.1. The van der Waals surface area contributed by atoms with Crippen LogP contribution in [0.1, 0.15) is 16.6 Å². The number of anilines is 1. The summed E-state index contributed by atoms with van der Waals surface area (Å²) in [6, 6.07) is 7.65. The fourth-order valence-corrected chi connectivity index (χ4v) is 2.73. The van der Waals surface area contributed by atoms with Crippen LogP contribution in [-0.4, -0.2) is 12.5 Å². The molecule has 1 aromatic carbocycles. The lowest BCUT2D eigenvalue weighted by atomic mass is 10.2. The van der Waals surface area contributed by atoms with E-state index in [4.69, 9.17) is 0 Å². The highest BCUT2D eigenvalue weighted by Crippen LogP contribution is 2.23. The number of thiophene rings is 1. The van der Waals surface area contributed by atoms with Crippen molar-refractivity contribution in [3.05, 3.63) is 46.4 Å². The first-order valence-electron chi connectivity index (χ1n) is 5.46. The van der Waals surface area contributed by atoms with Crippen LogP contribution < -0.4 is 4.90 Å². The number of hydrogen-bond acceptors (Lipinski definition) is 3. The molecular formula is C13H12FNOS2. The standard InChI is InChI=1S/C13H12FNOS2/c1-2-15(10-5-3-9(14)4-6-10)13(16)12-7-11(17)8-18-12/h3-8,17H,2H2,1H3. The van der Waals surface area contributed by atoms with Gasteiger partial charge in [0.05, 0.1) is 4.88 Å². The molecule has 1 amide bonds. The molecule has 0 aliphatic carbocycles.